The number of fused-ring (bicyclic) bond motifs is 2. The van der Waals surface area contributed by atoms with Crippen LogP contribution in [0.1, 0.15) is 57.0 Å². The van der Waals surface area contributed by atoms with Crippen LogP contribution in [0.4, 0.5) is 10.7 Å². The fourth-order valence-corrected chi connectivity index (χ4v) is 10.6. The number of nitrogens with two attached hydrogens (primary N) is 1. The Balaban J connectivity index is 1.07. The van der Waals surface area contributed by atoms with Crippen LogP contribution < -0.4 is 32.6 Å². The summed E-state index contributed by atoms with van der Waals surface area (Å²) in [6, 6.07) is 0.0746. The van der Waals surface area contributed by atoms with E-state index in [1.54, 1.807) is 17.8 Å². The molecule has 0 aromatic carbocycles. The molecule has 54 heavy (non-hydrogen) atoms. The zero-order valence-corrected chi connectivity index (χ0v) is 31.8. The van der Waals surface area contributed by atoms with Crippen LogP contribution in [0.25, 0.3) is 17.2 Å². The lowest BCUT2D eigenvalue weighted by molar-refractivity contribution is -0.122. The minimum atomic E-state index is -5.70. The average molecular weight is 844 g/mol. The topological polar surface area (TPSA) is 358 Å². The zero-order chi connectivity index (χ0) is 39.3. The Bertz CT molecular complexity index is 1960. The number of hydrogen-bond acceptors (Lipinski definition) is 15. The molecule has 11 N–H and O–H groups in total. The molecule has 3 saturated heterocycles. The minimum Gasteiger partial charge on any atom is -0.369 e. The first-order valence-electron chi connectivity index (χ1n) is 16.5. The van der Waals surface area contributed by atoms with E-state index in [9.17, 15) is 42.7 Å². The summed E-state index contributed by atoms with van der Waals surface area (Å²) >= 11 is 1.79. The number of anilines is 1. The summed E-state index contributed by atoms with van der Waals surface area (Å²) < 4.78 is 54.0. The molecule has 5 rings (SSSR count). The number of amides is 4. The molecule has 3 fully saturated rings. The molecule has 3 aliphatic heterocycles. The fourth-order valence-electron chi connectivity index (χ4n) is 6.00. The molecule has 0 aliphatic carbocycles. The van der Waals surface area contributed by atoms with Crippen molar-refractivity contribution in [1.82, 2.24) is 40.8 Å². The Kier molecular flexibility index (Phi) is 13.8. The van der Waals surface area contributed by atoms with Gasteiger partial charge in [-0.1, -0.05) is 6.08 Å². The lowest BCUT2D eigenvalue weighted by Crippen LogP contribution is -2.37. The van der Waals surface area contributed by atoms with Gasteiger partial charge in [0, 0.05) is 36.9 Å². The van der Waals surface area contributed by atoms with Gasteiger partial charge in [0.25, 0.3) is 5.56 Å². The van der Waals surface area contributed by atoms with Crippen molar-refractivity contribution >= 4 is 76.3 Å². The van der Waals surface area contributed by atoms with Crippen LogP contribution in [0.2, 0.25) is 0 Å². The van der Waals surface area contributed by atoms with E-state index in [-0.39, 0.29) is 83.9 Å². The first-order valence-corrected chi connectivity index (χ1v) is 22.0. The quantitative estimate of drug-likeness (QED) is 0.0508. The van der Waals surface area contributed by atoms with Crippen LogP contribution in [0.5, 0.6) is 0 Å². The van der Waals surface area contributed by atoms with Gasteiger partial charge in [-0.25, -0.2) is 23.5 Å². The Labute approximate surface area is 310 Å². The molecule has 0 saturated carbocycles. The van der Waals surface area contributed by atoms with Gasteiger partial charge >= 0.3 is 29.5 Å². The van der Waals surface area contributed by atoms with Crippen molar-refractivity contribution in [2.75, 3.05) is 31.2 Å². The lowest BCUT2D eigenvalue weighted by atomic mass is 10.0. The van der Waals surface area contributed by atoms with E-state index >= 15 is 0 Å². The Hall–Kier alpha value is -3.18. The molecule has 28 heteroatoms. The molecule has 300 valence electrons. The number of aromatic nitrogens is 4. The smallest absolute Gasteiger partial charge is 0.369 e. The average Bonchev–Trinajstić information content (AvgIpc) is 3.83. The van der Waals surface area contributed by atoms with Crippen LogP contribution in [0.15, 0.2) is 10.9 Å². The maximum absolute atomic E-state index is 12.6. The van der Waals surface area contributed by atoms with Crippen LogP contribution in [0, 0.1) is 0 Å². The largest absolute Gasteiger partial charge is 0.490 e. The summed E-state index contributed by atoms with van der Waals surface area (Å²) in [5.74, 6) is 0.438. The van der Waals surface area contributed by atoms with E-state index in [4.69, 9.17) is 20.3 Å². The normalized spacial score (nSPS) is 24.9. The summed E-state index contributed by atoms with van der Waals surface area (Å²) in [4.78, 5) is 96.1. The van der Waals surface area contributed by atoms with Crippen LogP contribution in [-0.2, 0) is 41.2 Å². The second-order valence-corrected chi connectivity index (χ2v) is 18.0. The summed E-state index contributed by atoms with van der Waals surface area (Å²) in [6.07, 6.45) is 4.10. The molecule has 0 bridgehead atoms. The predicted octanol–water partition coefficient (Wildman–Crippen LogP) is 0.0842. The van der Waals surface area contributed by atoms with Gasteiger partial charge in [-0.15, -0.1) is 0 Å². The summed E-state index contributed by atoms with van der Waals surface area (Å²) in [5, 5.41) is 11.6. The second-order valence-electron chi connectivity index (χ2n) is 12.3. The molecule has 5 heterocycles. The van der Waals surface area contributed by atoms with Crippen molar-refractivity contribution in [3.05, 3.63) is 22.3 Å². The number of carbonyl (C=O) groups excluding carboxylic acids is 3. The lowest BCUT2D eigenvalue weighted by Gasteiger charge is -2.19. The summed E-state index contributed by atoms with van der Waals surface area (Å²) in [6.45, 7) is -0.279. The molecule has 2 aromatic heterocycles. The third-order valence-electron chi connectivity index (χ3n) is 8.23. The predicted molar refractivity (Wildman–Crippen MR) is 189 cm³/mol. The number of ether oxygens (including phenoxy) is 1. The second kappa shape index (κ2) is 17.7. The SMILES string of the molecule is Nc1nc2c(nc(/C=C/CNC(=O)CCCNC(=O)CCCC3SCC4NC(=O)NC43)n2[C@H]2CC[C@@H](COP(=O)(O)OP(=O)(O)OP(=O)(O)O)O2)c(=O)[nH]1. The number of carbonyl (C=O) groups is 3. The molecule has 5 unspecified atom stereocenters. The third-order valence-corrected chi connectivity index (χ3v) is 13.5. The van der Waals surface area contributed by atoms with Gasteiger partial charge in [0.1, 0.15) is 12.1 Å². The van der Waals surface area contributed by atoms with Crippen LogP contribution >= 0.6 is 35.2 Å². The van der Waals surface area contributed by atoms with Gasteiger partial charge in [0.05, 0.1) is 24.8 Å². The van der Waals surface area contributed by atoms with Crippen molar-refractivity contribution in [1.29, 1.82) is 0 Å². The number of nitrogens with one attached hydrogen (secondary N) is 5. The summed E-state index contributed by atoms with van der Waals surface area (Å²) in [5.41, 5.74) is 5.07. The molecule has 24 nitrogen and oxygen atoms in total. The van der Waals surface area contributed by atoms with Crippen molar-refractivity contribution in [3.8, 4) is 0 Å². The summed E-state index contributed by atoms with van der Waals surface area (Å²) in [7, 11) is -16.6. The molecule has 3 aliphatic rings. The number of thioether (sulfide) groups is 1. The molecular weight excluding hydrogens is 803 g/mol. The first-order chi connectivity index (χ1) is 25.4. The van der Waals surface area contributed by atoms with Crippen molar-refractivity contribution in [3.63, 3.8) is 0 Å². The van der Waals surface area contributed by atoms with Crippen molar-refractivity contribution in [2.24, 2.45) is 0 Å². The van der Waals surface area contributed by atoms with E-state index in [2.05, 4.69) is 49.4 Å². The van der Waals surface area contributed by atoms with Crippen LogP contribution in [-0.4, -0.2) is 106 Å². The Morgan fingerprint density at radius 2 is 1.76 bits per heavy atom. The van der Waals surface area contributed by atoms with Gasteiger partial charge in [-0.2, -0.15) is 25.4 Å². The minimum absolute atomic E-state index is 0.0474. The monoisotopic (exact) mass is 843 g/mol. The molecule has 7 atom stereocenters. The zero-order valence-electron chi connectivity index (χ0n) is 28.3. The number of phosphoric acid groups is 3. The molecule has 4 amide bonds. The molecule has 0 spiro atoms. The number of imidazole rings is 1. The van der Waals surface area contributed by atoms with E-state index < -0.39 is 48.0 Å². The highest BCUT2D eigenvalue weighted by Gasteiger charge is 2.43. The number of aromatic amines is 1. The molecule has 2 aromatic rings. The maximum atomic E-state index is 12.6. The number of nitrogen functional groups attached to an aromatic ring is 1. The van der Waals surface area contributed by atoms with E-state index in [0.717, 1.165) is 12.2 Å². The van der Waals surface area contributed by atoms with E-state index in [1.807, 2.05) is 0 Å². The maximum Gasteiger partial charge on any atom is 0.490 e. The fraction of sp³-hybridized carbons (Fsp3) is 0.615. The number of hydrogen-bond donors (Lipinski definition) is 10. The molecule has 0 radical (unpaired) electrons. The van der Waals surface area contributed by atoms with E-state index in [1.165, 1.54) is 10.6 Å². The Morgan fingerprint density at radius 1 is 1.02 bits per heavy atom. The highest BCUT2D eigenvalue weighted by molar-refractivity contribution is 8.00. The number of nitrogens with zero attached hydrogens (tertiary/aromatic N) is 3. The number of urea groups is 1. The van der Waals surface area contributed by atoms with Gasteiger partial charge in [0.15, 0.2) is 11.2 Å². The Morgan fingerprint density at radius 3 is 2.52 bits per heavy atom. The van der Waals surface area contributed by atoms with Crippen LogP contribution in [0.3, 0.4) is 0 Å². The number of H-pyrrole nitrogens is 1. The first kappa shape index (κ1) is 42.0. The third kappa shape index (κ3) is 11.9. The molecular formula is C26H40N9O15P3S. The van der Waals surface area contributed by atoms with Crippen molar-refractivity contribution in [2.45, 2.75) is 74.6 Å². The number of rotatable bonds is 19. The highest BCUT2D eigenvalue weighted by Crippen LogP contribution is 2.66. The highest BCUT2D eigenvalue weighted by atomic mass is 32.2. The van der Waals surface area contributed by atoms with Gasteiger partial charge < -0.3 is 51.3 Å². The number of phosphoric ester groups is 1. The van der Waals surface area contributed by atoms with Crippen molar-refractivity contribution < 1.29 is 65.5 Å². The standard InChI is InChI=1S/C26H40N9O15P3S/c27-25-33-23-22(24(38)34-25)31-17(35(23)20-9-8-14(48-20)12-47-52(43,44)50-53(45,46)49-51(40,41)42)5-2-10-28-19(37)7-3-11-29-18(36)6-1-4-16-21-15(13-54-16)30-26(39)32-21/h2,5,14-16,20-21H,1,3-4,6-13H2,(H,28,37)(H,29,36)(H,43,44)(H,45,46)(H2,30,32,39)(H2,40,41,42)(H3,27,33,34,38)/b5-2+/t14-,15?,16?,20+,21?/m0/s1. The van der Waals surface area contributed by atoms with E-state index in [0.29, 0.717) is 25.8 Å². The van der Waals surface area contributed by atoms with Gasteiger partial charge in [-0.05, 0) is 38.2 Å². The van der Waals surface area contributed by atoms with Gasteiger partial charge in [0.2, 0.25) is 17.8 Å². The van der Waals surface area contributed by atoms with Gasteiger partial charge in [-0.3, -0.25) is 28.5 Å².